The van der Waals surface area contributed by atoms with Gasteiger partial charge in [-0.2, -0.15) is 4.98 Å². The van der Waals surface area contributed by atoms with E-state index in [4.69, 9.17) is 14.9 Å². The van der Waals surface area contributed by atoms with Gasteiger partial charge in [0.15, 0.2) is 0 Å². The van der Waals surface area contributed by atoms with E-state index < -0.39 is 9.84 Å². The molecular weight excluding hydrogens is 352 g/mol. The molecule has 3 rings (SSSR count). The topological polar surface area (TPSA) is 95.4 Å². The highest BCUT2D eigenvalue weighted by atomic mass is 32.2. The Labute approximate surface area is 152 Å². The summed E-state index contributed by atoms with van der Waals surface area (Å²) in [5.74, 6) is 1.03. The van der Waals surface area contributed by atoms with E-state index >= 15 is 0 Å². The van der Waals surface area contributed by atoms with Crippen molar-refractivity contribution in [1.29, 1.82) is 0 Å². The average Bonchev–Trinajstić information content (AvgIpc) is 3.08. The summed E-state index contributed by atoms with van der Waals surface area (Å²) in [6.07, 6.45) is 0.269. The molecule has 1 heterocycles. The molecule has 0 amide bonds. The summed E-state index contributed by atoms with van der Waals surface area (Å²) in [5.41, 5.74) is 6.23. The van der Waals surface area contributed by atoms with Crippen LogP contribution in [0.4, 0.5) is 0 Å². The molecule has 2 N–H and O–H groups in total. The van der Waals surface area contributed by atoms with Gasteiger partial charge in [-0.3, -0.25) is 0 Å². The molecule has 0 aliphatic heterocycles. The molecule has 6 nitrogen and oxygen atoms in total. The first-order valence-electron chi connectivity index (χ1n) is 8.30. The number of nitrogens with zero attached hydrogens (tertiary/aromatic N) is 1. The van der Waals surface area contributed by atoms with Gasteiger partial charge in [0, 0.05) is 6.42 Å². The number of aromatic nitrogens is 1. The highest BCUT2D eigenvalue weighted by molar-refractivity contribution is 7.91. The Morgan fingerprint density at radius 1 is 1.08 bits per heavy atom. The zero-order valence-electron chi connectivity index (χ0n) is 14.4. The Bertz CT molecular complexity index is 982. The molecule has 26 heavy (non-hydrogen) atoms. The minimum absolute atomic E-state index is 0.101. The maximum atomic E-state index is 13.0. The van der Waals surface area contributed by atoms with Gasteiger partial charge in [0.2, 0.25) is 20.8 Å². The van der Waals surface area contributed by atoms with Crippen LogP contribution >= 0.6 is 0 Å². The number of para-hydroxylation sites is 1. The molecule has 0 radical (unpaired) electrons. The molecule has 0 saturated heterocycles. The molecule has 0 bridgehead atoms. The van der Waals surface area contributed by atoms with Crippen molar-refractivity contribution in [1.82, 2.24) is 4.98 Å². The van der Waals surface area contributed by atoms with Crippen LogP contribution in [-0.2, 0) is 16.3 Å². The third kappa shape index (κ3) is 3.49. The van der Waals surface area contributed by atoms with Crippen molar-refractivity contribution in [3.8, 4) is 17.2 Å². The molecule has 0 atom stereocenters. The quantitative estimate of drug-likeness (QED) is 0.685. The summed E-state index contributed by atoms with van der Waals surface area (Å²) in [4.78, 5) is 4.46. The van der Waals surface area contributed by atoms with Crippen molar-refractivity contribution in [3.63, 3.8) is 0 Å². The Balaban J connectivity index is 2.14. The number of ether oxygens (including phenoxy) is 1. The zero-order valence-corrected chi connectivity index (χ0v) is 15.2. The Kier molecular flexibility index (Phi) is 5.39. The van der Waals surface area contributed by atoms with Gasteiger partial charge >= 0.3 is 0 Å². The van der Waals surface area contributed by atoms with Gasteiger partial charge in [-0.05, 0) is 37.7 Å². The molecule has 0 unspecified atom stereocenters. The van der Waals surface area contributed by atoms with Gasteiger partial charge in [-0.25, -0.2) is 8.42 Å². The summed E-state index contributed by atoms with van der Waals surface area (Å²) in [6, 6.07) is 15.4. The standard InChI is InChI=1S/C19H20N2O4S/c1-2-24-16-11-7-6-10-15(16)18-21-19(17(25-18)12-13-20)26(22,23)14-8-4-3-5-9-14/h3-11H,2,12-13,20H2,1H3. The fraction of sp³-hybridized carbons (Fsp3) is 0.211. The van der Waals surface area contributed by atoms with E-state index in [-0.39, 0.29) is 34.5 Å². The number of benzene rings is 2. The van der Waals surface area contributed by atoms with Crippen LogP contribution in [0, 0.1) is 0 Å². The Morgan fingerprint density at radius 3 is 2.46 bits per heavy atom. The summed E-state index contributed by atoms with van der Waals surface area (Å²) >= 11 is 0. The zero-order chi connectivity index (χ0) is 18.6. The molecule has 2 aromatic carbocycles. The second-order valence-corrected chi connectivity index (χ2v) is 7.40. The molecule has 1 aromatic heterocycles. The maximum Gasteiger partial charge on any atom is 0.231 e. The summed E-state index contributed by atoms with van der Waals surface area (Å²) in [5, 5.41) is -0.101. The smallest absolute Gasteiger partial charge is 0.231 e. The highest BCUT2D eigenvalue weighted by Gasteiger charge is 2.28. The third-order valence-electron chi connectivity index (χ3n) is 3.76. The highest BCUT2D eigenvalue weighted by Crippen LogP contribution is 2.33. The lowest BCUT2D eigenvalue weighted by Crippen LogP contribution is -2.09. The van der Waals surface area contributed by atoms with Crippen LogP contribution in [-0.4, -0.2) is 26.6 Å². The molecule has 136 valence electrons. The third-order valence-corrected chi connectivity index (χ3v) is 5.48. The second kappa shape index (κ2) is 7.72. The van der Waals surface area contributed by atoms with Crippen molar-refractivity contribution in [2.75, 3.05) is 13.2 Å². The van der Waals surface area contributed by atoms with E-state index in [1.807, 2.05) is 19.1 Å². The van der Waals surface area contributed by atoms with Gasteiger partial charge < -0.3 is 14.9 Å². The first-order chi connectivity index (χ1) is 12.6. The lowest BCUT2D eigenvalue weighted by molar-refractivity contribution is 0.340. The van der Waals surface area contributed by atoms with E-state index in [9.17, 15) is 8.42 Å². The van der Waals surface area contributed by atoms with E-state index in [0.717, 1.165) is 0 Å². The van der Waals surface area contributed by atoms with Gasteiger partial charge in [0.25, 0.3) is 0 Å². The first-order valence-corrected chi connectivity index (χ1v) is 9.78. The van der Waals surface area contributed by atoms with Crippen LogP contribution in [0.1, 0.15) is 12.7 Å². The average molecular weight is 372 g/mol. The van der Waals surface area contributed by atoms with E-state index in [1.54, 1.807) is 30.3 Å². The van der Waals surface area contributed by atoms with E-state index in [0.29, 0.717) is 17.9 Å². The molecule has 0 aliphatic rings. The van der Waals surface area contributed by atoms with Gasteiger partial charge in [-0.1, -0.05) is 30.3 Å². The SMILES string of the molecule is CCOc1ccccc1-c1nc(S(=O)(=O)c2ccccc2)c(CCN)o1. The fourth-order valence-corrected chi connectivity index (χ4v) is 3.97. The van der Waals surface area contributed by atoms with Crippen molar-refractivity contribution >= 4 is 9.84 Å². The summed E-state index contributed by atoms with van der Waals surface area (Å²) in [7, 11) is -3.81. The van der Waals surface area contributed by atoms with Crippen LogP contribution in [0.15, 0.2) is 68.9 Å². The lowest BCUT2D eigenvalue weighted by Gasteiger charge is -2.06. The molecule has 0 saturated carbocycles. The number of nitrogens with two attached hydrogens (primary N) is 1. The Hall–Kier alpha value is -2.64. The first kappa shape index (κ1) is 18.2. The van der Waals surface area contributed by atoms with Crippen molar-refractivity contribution in [2.45, 2.75) is 23.3 Å². The van der Waals surface area contributed by atoms with E-state index in [1.165, 1.54) is 12.1 Å². The molecule has 0 aliphatic carbocycles. The molecule has 3 aromatic rings. The van der Waals surface area contributed by atoms with Gasteiger partial charge in [0.05, 0.1) is 17.1 Å². The predicted octanol–water partition coefficient (Wildman–Crippen LogP) is 3.07. The largest absolute Gasteiger partial charge is 0.493 e. The summed E-state index contributed by atoms with van der Waals surface area (Å²) < 4.78 is 37.4. The van der Waals surface area contributed by atoms with Crippen LogP contribution in [0.2, 0.25) is 0 Å². The van der Waals surface area contributed by atoms with Crippen LogP contribution in [0.5, 0.6) is 5.75 Å². The Morgan fingerprint density at radius 2 is 1.77 bits per heavy atom. The number of hydrogen-bond donors (Lipinski definition) is 1. The van der Waals surface area contributed by atoms with Crippen molar-refractivity contribution in [3.05, 3.63) is 60.4 Å². The lowest BCUT2D eigenvalue weighted by atomic mass is 10.2. The van der Waals surface area contributed by atoms with Gasteiger partial charge in [-0.15, -0.1) is 0 Å². The second-order valence-electron chi connectivity index (χ2n) is 5.53. The van der Waals surface area contributed by atoms with Crippen molar-refractivity contribution in [2.24, 2.45) is 5.73 Å². The maximum absolute atomic E-state index is 13.0. The minimum Gasteiger partial charge on any atom is -0.493 e. The predicted molar refractivity (Wildman–Crippen MR) is 97.8 cm³/mol. The normalized spacial score (nSPS) is 11.5. The number of rotatable bonds is 7. The monoisotopic (exact) mass is 372 g/mol. The van der Waals surface area contributed by atoms with Gasteiger partial charge in [0.1, 0.15) is 11.5 Å². The van der Waals surface area contributed by atoms with Crippen LogP contribution < -0.4 is 10.5 Å². The number of oxazole rings is 1. The van der Waals surface area contributed by atoms with Crippen molar-refractivity contribution < 1.29 is 17.6 Å². The van der Waals surface area contributed by atoms with Crippen LogP contribution in [0.25, 0.3) is 11.5 Å². The van der Waals surface area contributed by atoms with Crippen LogP contribution in [0.3, 0.4) is 0 Å². The summed E-state index contributed by atoms with van der Waals surface area (Å²) in [6.45, 7) is 2.60. The minimum atomic E-state index is -3.81. The molecule has 0 spiro atoms. The molecular formula is C19H20N2O4S. The fourth-order valence-electron chi connectivity index (χ4n) is 2.59. The molecule has 7 heteroatoms. The molecule has 0 fully saturated rings. The van der Waals surface area contributed by atoms with E-state index in [2.05, 4.69) is 4.98 Å². The number of sulfone groups is 1. The number of hydrogen-bond acceptors (Lipinski definition) is 6.